The van der Waals surface area contributed by atoms with Crippen molar-refractivity contribution in [2.24, 2.45) is 5.92 Å². The van der Waals surface area contributed by atoms with Crippen LogP contribution in [0.2, 0.25) is 0 Å². The summed E-state index contributed by atoms with van der Waals surface area (Å²) >= 11 is 0. The van der Waals surface area contributed by atoms with Gasteiger partial charge < -0.3 is 19.7 Å². The topological polar surface area (TPSA) is 53.4 Å². The summed E-state index contributed by atoms with van der Waals surface area (Å²) in [6, 6.07) is 0.543. The van der Waals surface area contributed by atoms with Gasteiger partial charge in [0.05, 0.1) is 5.92 Å². The van der Waals surface area contributed by atoms with Crippen LogP contribution in [0.3, 0.4) is 0 Å². The van der Waals surface area contributed by atoms with E-state index in [4.69, 9.17) is 0 Å². The molecule has 1 aromatic rings. The first-order valence-corrected chi connectivity index (χ1v) is 9.14. The molecule has 0 saturated carbocycles. The van der Waals surface area contributed by atoms with Crippen molar-refractivity contribution in [2.75, 3.05) is 40.8 Å². The van der Waals surface area contributed by atoms with Crippen LogP contribution in [0.1, 0.15) is 32.0 Å². The number of likely N-dealkylation sites (tertiary alicyclic amines) is 1. The first-order chi connectivity index (χ1) is 11.5. The van der Waals surface area contributed by atoms with Crippen LogP contribution in [0.25, 0.3) is 0 Å². The fourth-order valence-electron chi connectivity index (χ4n) is 3.49. The largest absolute Gasteiger partial charge is 0.356 e. The van der Waals surface area contributed by atoms with E-state index in [2.05, 4.69) is 52.7 Å². The normalized spacial score (nSPS) is 22.5. The third-order valence-corrected chi connectivity index (χ3v) is 5.00. The predicted octanol–water partition coefficient (Wildman–Crippen LogP) is 1.22. The van der Waals surface area contributed by atoms with E-state index in [0.717, 1.165) is 57.7 Å². The first kappa shape index (κ1) is 18.9. The van der Waals surface area contributed by atoms with Gasteiger partial charge in [0.25, 0.3) is 0 Å². The lowest BCUT2D eigenvalue weighted by Gasteiger charge is -2.25. The monoisotopic (exact) mass is 335 g/mol. The molecule has 1 saturated heterocycles. The maximum Gasteiger partial charge on any atom is 0.224 e. The van der Waals surface area contributed by atoms with Crippen molar-refractivity contribution in [1.82, 2.24) is 24.7 Å². The van der Waals surface area contributed by atoms with Gasteiger partial charge in [-0.2, -0.15) is 0 Å². The SMILES string of the molecule is CCc1nccn1CCCNC(=O)[C@@H]1CC[C@H](N(C)C)CN(C)C1. The number of rotatable bonds is 7. The Morgan fingerprint density at radius 2 is 2.17 bits per heavy atom. The molecule has 1 aliphatic rings. The molecule has 1 fully saturated rings. The van der Waals surface area contributed by atoms with Gasteiger partial charge in [-0.15, -0.1) is 0 Å². The average Bonchev–Trinajstić information content (AvgIpc) is 2.91. The van der Waals surface area contributed by atoms with E-state index in [-0.39, 0.29) is 11.8 Å². The molecule has 0 aliphatic carbocycles. The highest BCUT2D eigenvalue weighted by molar-refractivity contribution is 5.78. The Morgan fingerprint density at radius 3 is 2.88 bits per heavy atom. The van der Waals surface area contributed by atoms with Crippen LogP contribution in [0.5, 0.6) is 0 Å². The van der Waals surface area contributed by atoms with Gasteiger partial charge in [-0.25, -0.2) is 4.98 Å². The highest BCUT2D eigenvalue weighted by atomic mass is 16.1. The van der Waals surface area contributed by atoms with Gasteiger partial charge in [-0.05, 0) is 40.4 Å². The second kappa shape index (κ2) is 9.18. The van der Waals surface area contributed by atoms with Crippen LogP contribution in [0, 0.1) is 5.92 Å². The highest BCUT2D eigenvalue weighted by Gasteiger charge is 2.27. The van der Waals surface area contributed by atoms with Crippen molar-refractivity contribution in [2.45, 2.75) is 45.2 Å². The smallest absolute Gasteiger partial charge is 0.224 e. The molecular formula is C18H33N5O. The molecule has 24 heavy (non-hydrogen) atoms. The predicted molar refractivity (Wildman–Crippen MR) is 96.9 cm³/mol. The molecule has 0 bridgehead atoms. The number of amides is 1. The van der Waals surface area contributed by atoms with Crippen LogP contribution in [0.15, 0.2) is 12.4 Å². The zero-order valence-corrected chi connectivity index (χ0v) is 15.7. The van der Waals surface area contributed by atoms with Crippen molar-refractivity contribution < 1.29 is 4.79 Å². The average molecular weight is 335 g/mol. The standard InChI is InChI=1S/C18H33N5O/c1-5-17-19-10-12-23(17)11-6-9-20-18(24)15-7-8-16(21(2)3)14-22(4)13-15/h10,12,15-16H,5-9,11,13-14H2,1-4H3,(H,20,24)/t15-,16+/m1/s1. The molecule has 1 N–H and O–H groups in total. The Morgan fingerprint density at radius 1 is 1.38 bits per heavy atom. The Bertz CT molecular complexity index is 513. The molecule has 2 rings (SSSR count). The summed E-state index contributed by atoms with van der Waals surface area (Å²) in [4.78, 5) is 21.4. The molecule has 6 nitrogen and oxygen atoms in total. The number of carbonyl (C=O) groups excluding carboxylic acids is 1. The maximum absolute atomic E-state index is 12.5. The number of nitrogens with zero attached hydrogens (tertiary/aromatic N) is 4. The zero-order valence-electron chi connectivity index (χ0n) is 15.7. The number of carbonyl (C=O) groups is 1. The van der Waals surface area contributed by atoms with Crippen molar-refractivity contribution in [3.8, 4) is 0 Å². The van der Waals surface area contributed by atoms with Gasteiger partial charge in [-0.3, -0.25) is 4.79 Å². The van der Waals surface area contributed by atoms with Gasteiger partial charge in [0.2, 0.25) is 5.91 Å². The van der Waals surface area contributed by atoms with Crippen LogP contribution in [0.4, 0.5) is 0 Å². The number of hydrogen-bond acceptors (Lipinski definition) is 4. The molecule has 0 aromatic carbocycles. The second-order valence-electron chi connectivity index (χ2n) is 7.15. The molecule has 2 heterocycles. The summed E-state index contributed by atoms with van der Waals surface area (Å²) in [5, 5.41) is 3.13. The summed E-state index contributed by atoms with van der Waals surface area (Å²) in [5.74, 6) is 1.43. The fourth-order valence-corrected chi connectivity index (χ4v) is 3.49. The van der Waals surface area contributed by atoms with Crippen LogP contribution >= 0.6 is 0 Å². The molecule has 1 amide bonds. The third kappa shape index (κ3) is 5.31. The van der Waals surface area contributed by atoms with Gasteiger partial charge in [0.15, 0.2) is 0 Å². The minimum absolute atomic E-state index is 0.111. The highest BCUT2D eigenvalue weighted by Crippen LogP contribution is 2.18. The Labute approximate surface area is 146 Å². The Balaban J connectivity index is 1.74. The van der Waals surface area contributed by atoms with E-state index in [1.807, 2.05) is 12.4 Å². The van der Waals surface area contributed by atoms with E-state index in [0.29, 0.717) is 6.04 Å². The molecule has 0 radical (unpaired) electrons. The molecule has 6 heteroatoms. The molecule has 0 unspecified atom stereocenters. The quantitative estimate of drug-likeness (QED) is 0.762. The van der Waals surface area contributed by atoms with Crippen molar-refractivity contribution >= 4 is 5.91 Å². The van der Waals surface area contributed by atoms with Gasteiger partial charge in [0.1, 0.15) is 5.82 Å². The molecule has 0 spiro atoms. The first-order valence-electron chi connectivity index (χ1n) is 9.14. The fraction of sp³-hybridized carbons (Fsp3) is 0.778. The van der Waals surface area contributed by atoms with Gasteiger partial charge in [-0.1, -0.05) is 6.92 Å². The van der Waals surface area contributed by atoms with Crippen molar-refractivity contribution in [3.05, 3.63) is 18.2 Å². The van der Waals surface area contributed by atoms with E-state index in [1.165, 1.54) is 0 Å². The van der Waals surface area contributed by atoms with Crippen LogP contribution in [-0.2, 0) is 17.8 Å². The summed E-state index contributed by atoms with van der Waals surface area (Å²) < 4.78 is 2.17. The second-order valence-corrected chi connectivity index (χ2v) is 7.15. The third-order valence-electron chi connectivity index (χ3n) is 5.00. The zero-order chi connectivity index (χ0) is 17.5. The number of aryl methyl sites for hydroxylation is 2. The number of likely N-dealkylation sites (N-methyl/N-ethyl adjacent to an activating group) is 2. The Hall–Kier alpha value is -1.40. The molecular weight excluding hydrogens is 302 g/mol. The van der Waals surface area contributed by atoms with Crippen molar-refractivity contribution in [3.63, 3.8) is 0 Å². The summed E-state index contributed by atoms with van der Waals surface area (Å²) in [7, 11) is 6.37. The van der Waals surface area contributed by atoms with E-state index >= 15 is 0 Å². The summed E-state index contributed by atoms with van der Waals surface area (Å²) in [6.45, 7) is 5.66. The minimum Gasteiger partial charge on any atom is -0.356 e. The van der Waals surface area contributed by atoms with Crippen LogP contribution in [-0.4, -0.2) is 72.1 Å². The van der Waals surface area contributed by atoms with E-state index < -0.39 is 0 Å². The number of nitrogens with one attached hydrogen (secondary N) is 1. The lowest BCUT2D eigenvalue weighted by Crippen LogP contribution is -2.39. The number of hydrogen-bond donors (Lipinski definition) is 1. The van der Waals surface area contributed by atoms with E-state index in [1.54, 1.807) is 0 Å². The van der Waals surface area contributed by atoms with Crippen LogP contribution < -0.4 is 5.32 Å². The van der Waals surface area contributed by atoms with E-state index in [9.17, 15) is 4.79 Å². The molecule has 1 aliphatic heterocycles. The lowest BCUT2D eigenvalue weighted by atomic mass is 10.0. The number of aromatic nitrogens is 2. The summed E-state index contributed by atoms with van der Waals surface area (Å²) in [5.41, 5.74) is 0. The molecule has 136 valence electrons. The van der Waals surface area contributed by atoms with Crippen molar-refractivity contribution in [1.29, 1.82) is 0 Å². The Kier molecular flexibility index (Phi) is 7.24. The summed E-state index contributed by atoms with van der Waals surface area (Å²) in [6.07, 6.45) is 7.81. The maximum atomic E-state index is 12.5. The molecule has 1 aromatic heterocycles. The molecule has 2 atom stereocenters. The van der Waals surface area contributed by atoms with Gasteiger partial charge >= 0.3 is 0 Å². The minimum atomic E-state index is 0.111. The number of imidazole rings is 1. The van der Waals surface area contributed by atoms with Gasteiger partial charge in [0, 0.05) is 51.0 Å². The lowest BCUT2D eigenvalue weighted by molar-refractivity contribution is -0.125.